The summed E-state index contributed by atoms with van der Waals surface area (Å²) in [6.45, 7) is 4.99. The van der Waals surface area contributed by atoms with Gasteiger partial charge in [0, 0.05) is 12.1 Å². The number of rotatable bonds is 8. The van der Waals surface area contributed by atoms with Gasteiger partial charge in [0.05, 0.1) is 10.8 Å². The van der Waals surface area contributed by atoms with Gasteiger partial charge in [0.15, 0.2) is 5.78 Å². The van der Waals surface area contributed by atoms with E-state index in [0.717, 1.165) is 0 Å². The zero-order valence-electron chi connectivity index (χ0n) is 12.9. The number of carboxylic acid groups (broad SMARTS) is 1. The van der Waals surface area contributed by atoms with Crippen LogP contribution in [0.5, 0.6) is 0 Å². The summed E-state index contributed by atoms with van der Waals surface area (Å²) in [6.07, 6.45) is 0.390. The smallest absolute Gasteiger partial charge is 0.307 e. The number of Topliss-reactive ketones (excluding diaryl/α,β-unsaturated/α-hetero) is 1. The predicted molar refractivity (Wildman–Crippen MR) is 82.2 cm³/mol. The van der Waals surface area contributed by atoms with E-state index in [1.807, 2.05) is 13.8 Å². The van der Waals surface area contributed by atoms with Gasteiger partial charge in [-0.25, -0.2) is 13.1 Å². The molecule has 1 unspecified atom stereocenters. The SMILES string of the molecule is CC(=O)c1ccc(S(=O)(=O)NCC(CC(C)C)C(=O)O)cc1. The number of carboxylic acids is 1. The average Bonchev–Trinajstić information content (AvgIpc) is 2.43. The van der Waals surface area contributed by atoms with Gasteiger partial charge in [0.2, 0.25) is 10.0 Å². The molecule has 0 heterocycles. The zero-order chi connectivity index (χ0) is 16.9. The monoisotopic (exact) mass is 327 g/mol. The van der Waals surface area contributed by atoms with Crippen molar-refractivity contribution in [3.8, 4) is 0 Å². The number of aliphatic carboxylic acids is 1. The molecule has 1 rings (SSSR count). The van der Waals surface area contributed by atoms with E-state index in [1.54, 1.807) is 0 Å². The Bertz CT molecular complexity index is 634. The first-order chi connectivity index (χ1) is 10.1. The van der Waals surface area contributed by atoms with Crippen LogP contribution in [0.1, 0.15) is 37.6 Å². The highest BCUT2D eigenvalue weighted by Gasteiger charge is 2.22. The fraction of sp³-hybridized carbons (Fsp3) is 0.467. The van der Waals surface area contributed by atoms with Crippen LogP contribution in [-0.2, 0) is 14.8 Å². The van der Waals surface area contributed by atoms with Gasteiger partial charge in [-0.1, -0.05) is 26.0 Å². The molecule has 122 valence electrons. The molecule has 0 aliphatic carbocycles. The third kappa shape index (κ3) is 5.23. The topological polar surface area (TPSA) is 101 Å². The van der Waals surface area contributed by atoms with E-state index in [-0.39, 0.29) is 23.1 Å². The lowest BCUT2D eigenvalue weighted by Crippen LogP contribution is -2.33. The summed E-state index contributed by atoms with van der Waals surface area (Å²) in [5.41, 5.74) is 0.419. The highest BCUT2D eigenvalue weighted by molar-refractivity contribution is 7.89. The molecule has 0 amide bonds. The summed E-state index contributed by atoms with van der Waals surface area (Å²) in [4.78, 5) is 22.3. The summed E-state index contributed by atoms with van der Waals surface area (Å²) in [7, 11) is -3.79. The fourth-order valence-corrected chi connectivity index (χ4v) is 3.08. The van der Waals surface area contributed by atoms with Crippen molar-refractivity contribution in [1.82, 2.24) is 4.72 Å². The molecule has 1 atom stereocenters. The van der Waals surface area contributed by atoms with E-state index < -0.39 is 21.9 Å². The Morgan fingerprint density at radius 3 is 2.14 bits per heavy atom. The molecule has 0 saturated heterocycles. The lowest BCUT2D eigenvalue weighted by molar-refractivity contribution is -0.142. The summed E-state index contributed by atoms with van der Waals surface area (Å²) in [5, 5.41) is 9.11. The first kappa shape index (κ1) is 18.3. The number of carbonyl (C=O) groups excluding carboxylic acids is 1. The maximum atomic E-state index is 12.1. The number of carbonyl (C=O) groups is 2. The van der Waals surface area contributed by atoms with Crippen molar-refractivity contribution in [3.05, 3.63) is 29.8 Å². The highest BCUT2D eigenvalue weighted by atomic mass is 32.2. The van der Waals surface area contributed by atoms with Crippen molar-refractivity contribution in [2.24, 2.45) is 11.8 Å². The minimum atomic E-state index is -3.79. The van der Waals surface area contributed by atoms with Crippen molar-refractivity contribution in [2.45, 2.75) is 32.1 Å². The Morgan fingerprint density at radius 1 is 1.18 bits per heavy atom. The van der Waals surface area contributed by atoms with E-state index in [9.17, 15) is 18.0 Å². The minimum Gasteiger partial charge on any atom is -0.481 e. The summed E-state index contributed by atoms with van der Waals surface area (Å²) in [5.74, 6) is -1.80. The third-order valence-corrected chi connectivity index (χ3v) is 4.64. The van der Waals surface area contributed by atoms with Gasteiger partial charge < -0.3 is 5.11 Å². The molecule has 0 saturated carbocycles. The van der Waals surface area contributed by atoms with Crippen LogP contribution < -0.4 is 4.72 Å². The molecule has 2 N–H and O–H groups in total. The number of benzene rings is 1. The van der Waals surface area contributed by atoms with Crippen LogP contribution in [0, 0.1) is 11.8 Å². The molecule has 0 fully saturated rings. The molecule has 7 heteroatoms. The van der Waals surface area contributed by atoms with Gasteiger partial charge in [-0.15, -0.1) is 0 Å². The van der Waals surface area contributed by atoms with E-state index >= 15 is 0 Å². The molecule has 1 aromatic carbocycles. The number of nitrogens with one attached hydrogen (secondary N) is 1. The summed E-state index contributed by atoms with van der Waals surface area (Å²) >= 11 is 0. The van der Waals surface area contributed by atoms with Crippen molar-refractivity contribution < 1.29 is 23.1 Å². The second-order valence-corrected chi connectivity index (χ2v) is 7.36. The molecule has 0 aliphatic rings. The Morgan fingerprint density at radius 2 is 1.73 bits per heavy atom. The van der Waals surface area contributed by atoms with Gasteiger partial charge in [-0.2, -0.15) is 0 Å². The molecule has 0 spiro atoms. The van der Waals surface area contributed by atoms with Crippen LogP contribution in [0.4, 0.5) is 0 Å². The Balaban J connectivity index is 2.82. The Hall–Kier alpha value is -1.73. The lowest BCUT2D eigenvalue weighted by atomic mass is 9.98. The van der Waals surface area contributed by atoms with Gasteiger partial charge in [-0.05, 0) is 31.4 Å². The molecule has 0 aliphatic heterocycles. The van der Waals surface area contributed by atoms with E-state index in [0.29, 0.717) is 12.0 Å². The van der Waals surface area contributed by atoms with Gasteiger partial charge in [0.25, 0.3) is 0 Å². The molecule has 0 bridgehead atoms. The lowest BCUT2D eigenvalue weighted by Gasteiger charge is -2.15. The molecular formula is C15H21NO5S. The number of sulfonamides is 1. The maximum Gasteiger partial charge on any atom is 0.307 e. The Labute approximate surface area is 130 Å². The number of ketones is 1. The van der Waals surface area contributed by atoms with Crippen molar-refractivity contribution in [1.29, 1.82) is 0 Å². The standard InChI is InChI=1S/C15H21NO5S/c1-10(2)8-13(15(18)19)9-16-22(20,21)14-6-4-12(5-7-14)11(3)17/h4-7,10,13,16H,8-9H2,1-3H3,(H,18,19). The normalized spacial score (nSPS) is 13.1. The average molecular weight is 327 g/mol. The van der Waals surface area contributed by atoms with Gasteiger partial charge in [0.1, 0.15) is 0 Å². The van der Waals surface area contributed by atoms with Crippen LogP contribution in [-0.4, -0.2) is 31.8 Å². The first-order valence-corrected chi connectivity index (χ1v) is 8.45. The molecule has 0 radical (unpaired) electrons. The molecule has 0 aromatic heterocycles. The first-order valence-electron chi connectivity index (χ1n) is 6.97. The molecular weight excluding hydrogens is 306 g/mol. The van der Waals surface area contributed by atoms with Crippen LogP contribution in [0.15, 0.2) is 29.2 Å². The quantitative estimate of drug-likeness (QED) is 0.710. The maximum absolute atomic E-state index is 12.1. The minimum absolute atomic E-state index is 0.00573. The van der Waals surface area contributed by atoms with Crippen LogP contribution >= 0.6 is 0 Å². The number of hydrogen-bond donors (Lipinski definition) is 2. The summed E-state index contributed by atoms with van der Waals surface area (Å²) in [6, 6.07) is 5.52. The third-order valence-electron chi connectivity index (χ3n) is 3.20. The van der Waals surface area contributed by atoms with E-state index in [4.69, 9.17) is 5.11 Å². The largest absolute Gasteiger partial charge is 0.481 e. The van der Waals surface area contributed by atoms with Crippen molar-refractivity contribution >= 4 is 21.8 Å². The molecule has 1 aromatic rings. The zero-order valence-corrected chi connectivity index (χ0v) is 13.7. The molecule has 6 nitrogen and oxygen atoms in total. The van der Waals surface area contributed by atoms with Crippen LogP contribution in [0.25, 0.3) is 0 Å². The van der Waals surface area contributed by atoms with E-state index in [1.165, 1.54) is 31.2 Å². The Kier molecular flexibility index (Phi) is 6.25. The van der Waals surface area contributed by atoms with Gasteiger partial charge >= 0.3 is 5.97 Å². The highest BCUT2D eigenvalue weighted by Crippen LogP contribution is 2.14. The second kappa shape index (κ2) is 7.51. The predicted octanol–water partition coefficient (Wildman–Crippen LogP) is 1.91. The van der Waals surface area contributed by atoms with Gasteiger partial charge in [-0.3, -0.25) is 9.59 Å². The molecule has 22 heavy (non-hydrogen) atoms. The summed E-state index contributed by atoms with van der Waals surface area (Å²) < 4.78 is 26.6. The van der Waals surface area contributed by atoms with Crippen molar-refractivity contribution in [2.75, 3.05) is 6.54 Å². The van der Waals surface area contributed by atoms with Crippen molar-refractivity contribution in [3.63, 3.8) is 0 Å². The fourth-order valence-electron chi connectivity index (χ4n) is 2.00. The van der Waals surface area contributed by atoms with Crippen LogP contribution in [0.3, 0.4) is 0 Å². The number of hydrogen-bond acceptors (Lipinski definition) is 4. The second-order valence-electron chi connectivity index (χ2n) is 5.60. The van der Waals surface area contributed by atoms with Crippen LogP contribution in [0.2, 0.25) is 0 Å². The van der Waals surface area contributed by atoms with E-state index in [2.05, 4.69) is 4.72 Å².